The topological polar surface area (TPSA) is 80.3 Å². The van der Waals surface area contributed by atoms with Crippen molar-refractivity contribution in [3.8, 4) is 0 Å². The number of nitrogens with zero attached hydrogens (tertiary/aromatic N) is 1. The zero-order valence-corrected chi connectivity index (χ0v) is 16.2. The minimum absolute atomic E-state index is 0.267. The standard InChI is InChI=1S/C20H22F3N3O3/c1-12-9-16(10-17(24-12)25-14(3)27)13(2)19(29-11-20(21,22)23)26-18(28)15-7-5-4-6-8-15/h4-10,13,19H,11H2,1-3H3,(H,26,28)(H,24,25,27). The summed E-state index contributed by atoms with van der Waals surface area (Å²) in [6.45, 7) is 3.12. The first kappa shape index (κ1) is 22.4. The number of rotatable bonds is 7. The molecule has 6 nitrogen and oxygen atoms in total. The number of hydrogen-bond acceptors (Lipinski definition) is 4. The van der Waals surface area contributed by atoms with Crippen LogP contribution in [0.1, 0.15) is 41.4 Å². The summed E-state index contributed by atoms with van der Waals surface area (Å²) >= 11 is 0. The molecule has 2 aromatic rings. The van der Waals surface area contributed by atoms with Gasteiger partial charge in [0.25, 0.3) is 5.91 Å². The van der Waals surface area contributed by atoms with E-state index in [4.69, 9.17) is 4.74 Å². The maximum Gasteiger partial charge on any atom is 0.411 e. The van der Waals surface area contributed by atoms with Gasteiger partial charge in [-0.3, -0.25) is 9.59 Å². The highest BCUT2D eigenvalue weighted by Gasteiger charge is 2.32. The minimum atomic E-state index is -4.55. The number of pyridine rings is 1. The predicted molar refractivity (Wildman–Crippen MR) is 101 cm³/mol. The van der Waals surface area contributed by atoms with Crippen LogP contribution in [-0.2, 0) is 9.53 Å². The zero-order valence-electron chi connectivity index (χ0n) is 16.2. The number of alkyl halides is 3. The van der Waals surface area contributed by atoms with E-state index in [0.717, 1.165) is 0 Å². The van der Waals surface area contributed by atoms with Crippen LogP contribution in [0.25, 0.3) is 0 Å². The van der Waals surface area contributed by atoms with Crippen LogP contribution in [0.4, 0.5) is 19.0 Å². The summed E-state index contributed by atoms with van der Waals surface area (Å²) in [6, 6.07) is 11.3. The second kappa shape index (κ2) is 9.51. The Bertz CT molecular complexity index is 857. The molecule has 0 aliphatic carbocycles. The minimum Gasteiger partial charge on any atom is -0.348 e. The van der Waals surface area contributed by atoms with Gasteiger partial charge in [-0.25, -0.2) is 4.98 Å². The van der Waals surface area contributed by atoms with Crippen LogP contribution < -0.4 is 10.6 Å². The smallest absolute Gasteiger partial charge is 0.348 e. The molecule has 1 aromatic heterocycles. The van der Waals surface area contributed by atoms with Crippen molar-refractivity contribution >= 4 is 17.6 Å². The molecule has 1 aromatic carbocycles. The van der Waals surface area contributed by atoms with Crippen LogP contribution in [0.15, 0.2) is 42.5 Å². The van der Waals surface area contributed by atoms with Crippen LogP contribution >= 0.6 is 0 Å². The fourth-order valence-corrected chi connectivity index (χ4v) is 2.67. The summed E-state index contributed by atoms with van der Waals surface area (Å²) in [5.74, 6) is -1.27. The average molecular weight is 409 g/mol. The van der Waals surface area contributed by atoms with E-state index < -0.39 is 30.8 Å². The molecule has 0 bridgehead atoms. The molecule has 0 aliphatic heterocycles. The van der Waals surface area contributed by atoms with Crippen molar-refractivity contribution in [2.75, 3.05) is 11.9 Å². The third kappa shape index (κ3) is 7.19. The Labute approximate surface area is 166 Å². The van der Waals surface area contributed by atoms with E-state index >= 15 is 0 Å². The van der Waals surface area contributed by atoms with E-state index in [1.165, 1.54) is 13.0 Å². The number of halogens is 3. The lowest BCUT2D eigenvalue weighted by Gasteiger charge is -2.27. The lowest BCUT2D eigenvalue weighted by molar-refractivity contribution is -0.189. The molecule has 0 saturated carbocycles. The largest absolute Gasteiger partial charge is 0.411 e. The second-order valence-electron chi connectivity index (χ2n) is 6.58. The van der Waals surface area contributed by atoms with Crippen LogP contribution in [0.3, 0.4) is 0 Å². The molecule has 9 heteroatoms. The van der Waals surface area contributed by atoms with Crippen molar-refractivity contribution in [2.24, 2.45) is 0 Å². The van der Waals surface area contributed by atoms with E-state index in [1.807, 2.05) is 0 Å². The third-order valence-corrected chi connectivity index (χ3v) is 4.00. The second-order valence-corrected chi connectivity index (χ2v) is 6.58. The monoisotopic (exact) mass is 409 g/mol. The molecule has 156 valence electrons. The number of aromatic nitrogens is 1. The van der Waals surface area contributed by atoms with E-state index in [2.05, 4.69) is 15.6 Å². The highest BCUT2D eigenvalue weighted by atomic mass is 19.4. The average Bonchev–Trinajstić information content (AvgIpc) is 2.63. The normalized spacial score (nSPS) is 13.4. The maximum atomic E-state index is 12.7. The molecule has 2 N–H and O–H groups in total. The Hall–Kier alpha value is -2.94. The summed E-state index contributed by atoms with van der Waals surface area (Å²) in [5.41, 5.74) is 1.41. The molecule has 2 amide bonds. The fourth-order valence-electron chi connectivity index (χ4n) is 2.67. The van der Waals surface area contributed by atoms with E-state index in [1.54, 1.807) is 50.2 Å². The molecule has 0 radical (unpaired) electrons. The van der Waals surface area contributed by atoms with Crippen molar-refractivity contribution in [1.29, 1.82) is 0 Å². The van der Waals surface area contributed by atoms with Crippen molar-refractivity contribution in [3.63, 3.8) is 0 Å². The SMILES string of the molecule is CC(=O)Nc1cc(C(C)C(NC(=O)c2ccccc2)OCC(F)(F)F)cc(C)n1. The lowest BCUT2D eigenvalue weighted by atomic mass is 9.99. The number of benzene rings is 1. The van der Waals surface area contributed by atoms with Crippen LogP contribution in [0.5, 0.6) is 0 Å². The van der Waals surface area contributed by atoms with Gasteiger partial charge in [-0.2, -0.15) is 13.2 Å². The zero-order chi connectivity index (χ0) is 21.6. The highest BCUT2D eigenvalue weighted by molar-refractivity contribution is 5.94. The van der Waals surface area contributed by atoms with Gasteiger partial charge in [0, 0.05) is 24.1 Å². The van der Waals surface area contributed by atoms with Gasteiger partial charge in [0.1, 0.15) is 18.7 Å². The predicted octanol–water partition coefficient (Wildman–Crippen LogP) is 3.79. The molecular formula is C20H22F3N3O3. The number of nitrogens with one attached hydrogen (secondary N) is 2. The number of amides is 2. The number of anilines is 1. The molecule has 29 heavy (non-hydrogen) atoms. The van der Waals surface area contributed by atoms with Crippen LogP contribution in [-0.4, -0.2) is 35.8 Å². The van der Waals surface area contributed by atoms with Gasteiger partial charge in [-0.05, 0) is 36.8 Å². The van der Waals surface area contributed by atoms with Gasteiger partial charge >= 0.3 is 6.18 Å². The van der Waals surface area contributed by atoms with E-state index in [-0.39, 0.29) is 11.7 Å². The fraction of sp³-hybridized carbons (Fsp3) is 0.350. The molecule has 2 atom stereocenters. The number of aryl methyl sites for hydroxylation is 1. The summed E-state index contributed by atoms with van der Waals surface area (Å²) in [6.07, 6.45) is -5.80. The van der Waals surface area contributed by atoms with E-state index in [9.17, 15) is 22.8 Å². The number of carbonyl (C=O) groups excluding carboxylic acids is 2. The van der Waals surface area contributed by atoms with Crippen molar-refractivity contribution < 1.29 is 27.5 Å². The summed E-state index contributed by atoms with van der Waals surface area (Å²) in [4.78, 5) is 27.9. The summed E-state index contributed by atoms with van der Waals surface area (Å²) in [5, 5.41) is 5.06. The summed E-state index contributed by atoms with van der Waals surface area (Å²) < 4.78 is 43.2. The Kier molecular flexibility index (Phi) is 7.33. The Morgan fingerprint density at radius 1 is 1.17 bits per heavy atom. The van der Waals surface area contributed by atoms with Gasteiger partial charge < -0.3 is 15.4 Å². The van der Waals surface area contributed by atoms with Gasteiger partial charge in [-0.1, -0.05) is 25.1 Å². The van der Waals surface area contributed by atoms with Gasteiger partial charge in [0.15, 0.2) is 0 Å². The molecule has 0 aliphatic rings. The Balaban J connectivity index is 2.28. The molecule has 2 unspecified atom stereocenters. The van der Waals surface area contributed by atoms with Crippen LogP contribution in [0, 0.1) is 6.92 Å². The van der Waals surface area contributed by atoms with Gasteiger partial charge in [0.05, 0.1) is 0 Å². The first-order chi connectivity index (χ1) is 13.5. The van der Waals surface area contributed by atoms with Gasteiger partial charge in [-0.15, -0.1) is 0 Å². The third-order valence-electron chi connectivity index (χ3n) is 4.00. The van der Waals surface area contributed by atoms with Crippen molar-refractivity contribution in [1.82, 2.24) is 10.3 Å². The van der Waals surface area contributed by atoms with E-state index in [0.29, 0.717) is 16.8 Å². The molecule has 2 rings (SSSR count). The molecular weight excluding hydrogens is 387 g/mol. The number of carbonyl (C=O) groups is 2. The Morgan fingerprint density at radius 2 is 1.83 bits per heavy atom. The molecule has 0 spiro atoms. The summed E-state index contributed by atoms with van der Waals surface area (Å²) in [7, 11) is 0. The number of ether oxygens (including phenoxy) is 1. The lowest BCUT2D eigenvalue weighted by Crippen LogP contribution is -2.42. The number of hydrogen-bond donors (Lipinski definition) is 2. The Morgan fingerprint density at radius 3 is 2.41 bits per heavy atom. The quantitative estimate of drug-likeness (QED) is 0.682. The first-order valence-corrected chi connectivity index (χ1v) is 8.85. The van der Waals surface area contributed by atoms with Crippen LogP contribution in [0.2, 0.25) is 0 Å². The molecule has 0 fully saturated rings. The first-order valence-electron chi connectivity index (χ1n) is 8.85. The molecule has 0 saturated heterocycles. The molecule has 1 heterocycles. The van der Waals surface area contributed by atoms with Gasteiger partial charge in [0.2, 0.25) is 5.91 Å². The maximum absolute atomic E-state index is 12.7. The van der Waals surface area contributed by atoms with Crippen molar-refractivity contribution in [2.45, 2.75) is 39.1 Å². The highest BCUT2D eigenvalue weighted by Crippen LogP contribution is 2.25. The van der Waals surface area contributed by atoms with Crippen molar-refractivity contribution in [3.05, 3.63) is 59.3 Å².